The first-order chi connectivity index (χ1) is 8.16. The van der Waals surface area contributed by atoms with E-state index >= 15 is 0 Å². The molecule has 1 aliphatic heterocycles. The Balaban J connectivity index is 1.96. The van der Waals surface area contributed by atoms with E-state index < -0.39 is 0 Å². The van der Waals surface area contributed by atoms with E-state index in [-0.39, 0.29) is 5.91 Å². The molecule has 1 unspecified atom stereocenters. The van der Waals surface area contributed by atoms with Gasteiger partial charge in [-0.25, -0.2) is 0 Å². The van der Waals surface area contributed by atoms with Gasteiger partial charge < -0.3 is 11.1 Å². The summed E-state index contributed by atoms with van der Waals surface area (Å²) < 4.78 is 0. The number of hydrogen-bond donors (Lipinski definition) is 2. The summed E-state index contributed by atoms with van der Waals surface area (Å²) >= 11 is 0. The minimum Gasteiger partial charge on any atom is -0.366 e. The third-order valence-electron chi connectivity index (χ3n) is 3.33. The van der Waals surface area contributed by atoms with Crippen molar-refractivity contribution in [2.75, 3.05) is 20.1 Å². The van der Waals surface area contributed by atoms with Crippen molar-refractivity contribution in [2.45, 2.75) is 19.0 Å². The maximum absolute atomic E-state index is 10.9. The van der Waals surface area contributed by atoms with Crippen molar-refractivity contribution in [1.29, 1.82) is 0 Å². The Kier molecular flexibility index (Phi) is 3.76. The zero-order valence-corrected chi connectivity index (χ0v) is 10.1. The number of primary amides is 1. The Labute approximate surface area is 102 Å². The molecule has 1 aromatic carbocycles. The fourth-order valence-electron chi connectivity index (χ4n) is 2.21. The molecule has 0 bridgehead atoms. The van der Waals surface area contributed by atoms with E-state index in [2.05, 4.69) is 17.3 Å². The van der Waals surface area contributed by atoms with Crippen LogP contribution in [0.5, 0.6) is 0 Å². The molecule has 92 valence electrons. The summed E-state index contributed by atoms with van der Waals surface area (Å²) in [7, 11) is 2.14. The first-order valence-electron chi connectivity index (χ1n) is 5.96. The molecule has 17 heavy (non-hydrogen) atoms. The maximum atomic E-state index is 10.9. The summed E-state index contributed by atoms with van der Waals surface area (Å²) in [5, 5.41) is 3.36. The lowest BCUT2D eigenvalue weighted by Gasteiger charge is -2.23. The summed E-state index contributed by atoms with van der Waals surface area (Å²) in [6.45, 7) is 3.08. The van der Waals surface area contributed by atoms with E-state index in [0.717, 1.165) is 19.6 Å². The van der Waals surface area contributed by atoms with Gasteiger partial charge in [0.2, 0.25) is 5.91 Å². The lowest BCUT2D eigenvalue weighted by atomic mass is 10.1. The summed E-state index contributed by atoms with van der Waals surface area (Å²) in [6, 6.07) is 8.14. The Morgan fingerprint density at radius 2 is 2.18 bits per heavy atom. The molecule has 1 saturated heterocycles. The van der Waals surface area contributed by atoms with Crippen molar-refractivity contribution >= 4 is 5.91 Å². The van der Waals surface area contributed by atoms with Crippen molar-refractivity contribution in [3.8, 4) is 0 Å². The van der Waals surface area contributed by atoms with Crippen LogP contribution in [0.4, 0.5) is 0 Å². The van der Waals surface area contributed by atoms with Gasteiger partial charge in [0.05, 0.1) is 0 Å². The van der Waals surface area contributed by atoms with E-state index in [1.807, 2.05) is 12.1 Å². The van der Waals surface area contributed by atoms with Gasteiger partial charge in [0.1, 0.15) is 0 Å². The summed E-state index contributed by atoms with van der Waals surface area (Å²) in [4.78, 5) is 13.3. The number of carbonyl (C=O) groups excluding carboxylic acids is 1. The highest BCUT2D eigenvalue weighted by Crippen LogP contribution is 2.12. The Bertz CT molecular complexity index is 382. The zero-order valence-electron chi connectivity index (χ0n) is 10.1. The van der Waals surface area contributed by atoms with Crippen molar-refractivity contribution in [3.63, 3.8) is 0 Å². The second-order valence-corrected chi connectivity index (χ2v) is 4.62. The lowest BCUT2D eigenvalue weighted by Crippen LogP contribution is -2.32. The van der Waals surface area contributed by atoms with Crippen LogP contribution in [0.3, 0.4) is 0 Å². The molecule has 0 radical (unpaired) electrons. The van der Waals surface area contributed by atoms with Crippen LogP contribution in [0.15, 0.2) is 24.3 Å². The second-order valence-electron chi connectivity index (χ2n) is 4.62. The minimum absolute atomic E-state index is 0.370. The number of nitrogens with zero attached hydrogens (tertiary/aromatic N) is 1. The number of amides is 1. The number of rotatable bonds is 4. The molecular formula is C13H19N3O. The lowest BCUT2D eigenvalue weighted by molar-refractivity contribution is 0.100. The van der Waals surface area contributed by atoms with E-state index in [1.165, 1.54) is 12.0 Å². The number of carbonyl (C=O) groups is 1. The molecular weight excluding hydrogens is 214 g/mol. The number of likely N-dealkylation sites (N-methyl/N-ethyl adjacent to an activating group) is 1. The molecule has 2 rings (SSSR count). The van der Waals surface area contributed by atoms with Gasteiger partial charge in [0.25, 0.3) is 0 Å². The van der Waals surface area contributed by atoms with E-state index in [9.17, 15) is 4.79 Å². The molecule has 1 aliphatic rings. The Hall–Kier alpha value is -1.39. The van der Waals surface area contributed by atoms with E-state index in [0.29, 0.717) is 11.6 Å². The standard InChI is InChI=1S/C13H19N3O/c1-16(12-6-7-15-8-12)9-10-2-4-11(5-3-10)13(14)17/h2-5,12,15H,6-9H2,1H3,(H2,14,17). The molecule has 1 heterocycles. The number of nitrogens with one attached hydrogen (secondary N) is 1. The fourth-order valence-corrected chi connectivity index (χ4v) is 2.21. The molecule has 0 aliphatic carbocycles. The third-order valence-corrected chi connectivity index (χ3v) is 3.33. The average molecular weight is 233 g/mol. The van der Waals surface area contributed by atoms with Crippen LogP contribution in [0.25, 0.3) is 0 Å². The van der Waals surface area contributed by atoms with Crippen LogP contribution in [0, 0.1) is 0 Å². The second kappa shape index (κ2) is 5.29. The maximum Gasteiger partial charge on any atom is 0.248 e. The SMILES string of the molecule is CN(Cc1ccc(C(N)=O)cc1)C1CCNC1. The highest BCUT2D eigenvalue weighted by Gasteiger charge is 2.18. The Morgan fingerprint density at radius 3 is 2.71 bits per heavy atom. The van der Waals surface area contributed by atoms with Crippen molar-refractivity contribution in [1.82, 2.24) is 10.2 Å². The predicted molar refractivity (Wildman–Crippen MR) is 67.7 cm³/mol. The molecule has 4 heteroatoms. The quantitative estimate of drug-likeness (QED) is 0.799. The van der Waals surface area contributed by atoms with E-state index in [4.69, 9.17) is 5.73 Å². The number of nitrogens with two attached hydrogens (primary N) is 1. The first-order valence-corrected chi connectivity index (χ1v) is 5.96. The summed E-state index contributed by atoms with van der Waals surface area (Å²) in [5.74, 6) is -0.370. The first kappa shape index (κ1) is 12.1. The van der Waals surface area contributed by atoms with Crippen LogP contribution in [-0.4, -0.2) is 37.0 Å². The average Bonchev–Trinajstić information content (AvgIpc) is 2.83. The third kappa shape index (κ3) is 3.05. The largest absolute Gasteiger partial charge is 0.366 e. The van der Waals surface area contributed by atoms with Crippen LogP contribution < -0.4 is 11.1 Å². The molecule has 0 aromatic heterocycles. The monoisotopic (exact) mass is 233 g/mol. The van der Waals surface area contributed by atoms with Crippen LogP contribution in [0.2, 0.25) is 0 Å². The van der Waals surface area contributed by atoms with Gasteiger partial charge in [-0.1, -0.05) is 12.1 Å². The predicted octanol–water partition coefficient (Wildman–Crippen LogP) is 0.579. The topological polar surface area (TPSA) is 58.4 Å². The molecule has 4 nitrogen and oxygen atoms in total. The molecule has 0 saturated carbocycles. The highest BCUT2D eigenvalue weighted by atomic mass is 16.1. The Morgan fingerprint density at radius 1 is 1.47 bits per heavy atom. The van der Waals surface area contributed by atoms with Gasteiger partial charge in [-0.3, -0.25) is 9.69 Å². The van der Waals surface area contributed by atoms with Gasteiger partial charge in [-0.15, -0.1) is 0 Å². The molecule has 1 atom stereocenters. The molecule has 3 N–H and O–H groups in total. The molecule has 1 fully saturated rings. The van der Waals surface area contributed by atoms with E-state index in [1.54, 1.807) is 12.1 Å². The zero-order chi connectivity index (χ0) is 12.3. The number of benzene rings is 1. The van der Waals surface area contributed by atoms with Crippen molar-refractivity contribution < 1.29 is 4.79 Å². The molecule has 1 aromatic rings. The molecule has 0 spiro atoms. The minimum atomic E-state index is -0.370. The smallest absolute Gasteiger partial charge is 0.248 e. The summed E-state index contributed by atoms with van der Waals surface area (Å²) in [5.41, 5.74) is 6.99. The van der Waals surface area contributed by atoms with Crippen molar-refractivity contribution in [2.24, 2.45) is 5.73 Å². The normalized spacial score (nSPS) is 19.8. The van der Waals surface area contributed by atoms with Gasteiger partial charge in [0, 0.05) is 24.7 Å². The van der Waals surface area contributed by atoms with Crippen molar-refractivity contribution in [3.05, 3.63) is 35.4 Å². The van der Waals surface area contributed by atoms with Gasteiger partial charge in [-0.05, 0) is 37.7 Å². The van der Waals surface area contributed by atoms with Crippen LogP contribution in [0.1, 0.15) is 22.3 Å². The van der Waals surface area contributed by atoms with Crippen LogP contribution >= 0.6 is 0 Å². The van der Waals surface area contributed by atoms with Gasteiger partial charge >= 0.3 is 0 Å². The van der Waals surface area contributed by atoms with Gasteiger partial charge in [-0.2, -0.15) is 0 Å². The van der Waals surface area contributed by atoms with Crippen LogP contribution in [-0.2, 0) is 6.54 Å². The summed E-state index contributed by atoms with van der Waals surface area (Å²) in [6.07, 6.45) is 1.20. The highest BCUT2D eigenvalue weighted by molar-refractivity contribution is 5.92. The fraction of sp³-hybridized carbons (Fsp3) is 0.462. The molecule has 1 amide bonds. The van der Waals surface area contributed by atoms with Gasteiger partial charge in [0.15, 0.2) is 0 Å². The number of hydrogen-bond acceptors (Lipinski definition) is 3.